The number of sulfone groups is 1. The van der Waals surface area contributed by atoms with Gasteiger partial charge in [0, 0.05) is 51.2 Å². The Morgan fingerprint density at radius 2 is 1.88 bits per heavy atom. The van der Waals surface area contributed by atoms with Gasteiger partial charge in [-0.05, 0) is 37.7 Å². The van der Waals surface area contributed by atoms with Gasteiger partial charge in [0.05, 0.1) is 16.4 Å². The standard InChI is InChI=1S/C20H31N5O5S2/c1-24(20-17-7-8-21-19(17)22-13-23-20)16-5-3-14(4-6-16)12-32(29,30)25-9-15(11-26)18(10-25)31(2,27)28/h7-8,13-16,18,26H,3-6,9-12H2,1-2H3,(H,21,22,23)/t14?,15-,16?,18-/m1/s1. The van der Waals surface area contributed by atoms with Crippen LogP contribution < -0.4 is 4.90 Å². The summed E-state index contributed by atoms with van der Waals surface area (Å²) >= 11 is 0. The zero-order chi connectivity index (χ0) is 23.1. The molecule has 1 saturated carbocycles. The highest BCUT2D eigenvalue weighted by atomic mass is 32.2. The summed E-state index contributed by atoms with van der Waals surface area (Å²) in [4.78, 5) is 13.9. The Labute approximate surface area is 189 Å². The zero-order valence-electron chi connectivity index (χ0n) is 18.4. The molecule has 1 aliphatic carbocycles. The van der Waals surface area contributed by atoms with E-state index in [1.165, 1.54) is 4.31 Å². The fourth-order valence-electron chi connectivity index (χ4n) is 5.11. The largest absolute Gasteiger partial charge is 0.396 e. The highest BCUT2D eigenvalue weighted by molar-refractivity contribution is 7.91. The Balaban J connectivity index is 1.37. The molecule has 10 nitrogen and oxygen atoms in total. The smallest absolute Gasteiger partial charge is 0.214 e. The minimum absolute atomic E-state index is 0.0215. The number of anilines is 1. The summed E-state index contributed by atoms with van der Waals surface area (Å²) < 4.78 is 51.3. The summed E-state index contributed by atoms with van der Waals surface area (Å²) in [6, 6.07) is 2.22. The number of nitrogens with one attached hydrogen (secondary N) is 1. The van der Waals surface area contributed by atoms with E-state index in [0.717, 1.165) is 48.8 Å². The maximum Gasteiger partial charge on any atom is 0.214 e. The molecule has 12 heteroatoms. The number of aromatic amines is 1. The van der Waals surface area contributed by atoms with Gasteiger partial charge in [0.25, 0.3) is 0 Å². The van der Waals surface area contributed by atoms with Gasteiger partial charge in [-0.25, -0.2) is 31.1 Å². The van der Waals surface area contributed by atoms with E-state index < -0.39 is 31.0 Å². The van der Waals surface area contributed by atoms with Crippen LogP contribution in [-0.2, 0) is 19.9 Å². The van der Waals surface area contributed by atoms with E-state index in [4.69, 9.17) is 0 Å². The number of hydrogen-bond acceptors (Lipinski definition) is 8. The molecule has 0 radical (unpaired) electrons. The molecule has 0 spiro atoms. The van der Waals surface area contributed by atoms with Gasteiger partial charge >= 0.3 is 0 Å². The molecule has 2 aromatic heterocycles. The Hall–Kier alpha value is -1.76. The lowest BCUT2D eigenvalue weighted by Crippen LogP contribution is -2.39. The fourth-order valence-corrected chi connectivity index (χ4v) is 8.47. The van der Waals surface area contributed by atoms with E-state index >= 15 is 0 Å². The van der Waals surface area contributed by atoms with Gasteiger partial charge in [-0.3, -0.25) is 0 Å². The van der Waals surface area contributed by atoms with Gasteiger partial charge in [-0.15, -0.1) is 0 Å². The summed E-state index contributed by atoms with van der Waals surface area (Å²) in [5.41, 5.74) is 0.792. The van der Waals surface area contributed by atoms with Gasteiger partial charge in [0.1, 0.15) is 17.8 Å². The minimum Gasteiger partial charge on any atom is -0.396 e. The number of sulfonamides is 1. The van der Waals surface area contributed by atoms with Crippen molar-refractivity contribution in [3.05, 3.63) is 18.6 Å². The molecule has 1 saturated heterocycles. The van der Waals surface area contributed by atoms with Crippen molar-refractivity contribution < 1.29 is 21.9 Å². The lowest BCUT2D eigenvalue weighted by atomic mass is 9.86. The summed E-state index contributed by atoms with van der Waals surface area (Å²) in [5.74, 6) is 0.355. The molecule has 32 heavy (non-hydrogen) atoms. The van der Waals surface area contributed by atoms with Gasteiger partial charge in [-0.2, -0.15) is 0 Å². The van der Waals surface area contributed by atoms with Crippen LogP contribution >= 0.6 is 0 Å². The van der Waals surface area contributed by atoms with Crippen LogP contribution in [-0.4, -0.2) is 91.2 Å². The molecule has 4 rings (SSSR count). The van der Waals surface area contributed by atoms with Crippen LogP contribution in [0.4, 0.5) is 5.82 Å². The Morgan fingerprint density at radius 1 is 1.16 bits per heavy atom. The third-order valence-electron chi connectivity index (χ3n) is 7.00. The number of aliphatic hydroxyl groups is 1. The van der Waals surface area contributed by atoms with Crippen molar-refractivity contribution in [1.29, 1.82) is 0 Å². The third-order valence-corrected chi connectivity index (χ3v) is 10.6. The molecule has 178 valence electrons. The molecule has 2 aliphatic rings. The van der Waals surface area contributed by atoms with Crippen molar-refractivity contribution in [3.8, 4) is 0 Å². The van der Waals surface area contributed by atoms with Crippen molar-refractivity contribution in [1.82, 2.24) is 19.3 Å². The monoisotopic (exact) mass is 485 g/mol. The second-order valence-corrected chi connectivity index (χ2v) is 13.4. The molecule has 2 fully saturated rings. The van der Waals surface area contributed by atoms with Crippen LogP contribution in [0.5, 0.6) is 0 Å². The molecular formula is C20H31N5O5S2. The van der Waals surface area contributed by atoms with E-state index in [-0.39, 0.29) is 37.4 Å². The maximum absolute atomic E-state index is 13.0. The first kappa shape index (κ1) is 23.4. The van der Waals surface area contributed by atoms with E-state index in [9.17, 15) is 21.9 Å². The number of nitrogens with zero attached hydrogens (tertiary/aromatic N) is 4. The zero-order valence-corrected chi connectivity index (χ0v) is 20.0. The number of hydrogen-bond donors (Lipinski definition) is 2. The summed E-state index contributed by atoms with van der Waals surface area (Å²) in [6.45, 7) is -0.335. The first-order valence-corrected chi connectivity index (χ1v) is 14.4. The second-order valence-electron chi connectivity index (χ2n) is 9.13. The van der Waals surface area contributed by atoms with Crippen molar-refractivity contribution in [3.63, 3.8) is 0 Å². The highest BCUT2D eigenvalue weighted by Gasteiger charge is 2.44. The molecule has 1 aliphatic heterocycles. The molecule has 2 atom stereocenters. The van der Waals surface area contributed by atoms with Crippen LogP contribution in [0.3, 0.4) is 0 Å². The van der Waals surface area contributed by atoms with Crippen LogP contribution in [0.1, 0.15) is 25.7 Å². The summed E-state index contributed by atoms with van der Waals surface area (Å²) in [7, 11) is -5.00. The van der Waals surface area contributed by atoms with Gasteiger partial charge in [0.2, 0.25) is 10.0 Å². The number of fused-ring (bicyclic) bond motifs is 1. The molecule has 2 N–H and O–H groups in total. The fraction of sp³-hybridized carbons (Fsp3) is 0.700. The predicted molar refractivity (Wildman–Crippen MR) is 123 cm³/mol. The quantitative estimate of drug-likeness (QED) is 0.582. The predicted octanol–water partition coefficient (Wildman–Crippen LogP) is 0.620. The molecule has 0 bridgehead atoms. The third kappa shape index (κ3) is 4.63. The Kier molecular flexibility index (Phi) is 6.49. The molecular weight excluding hydrogens is 454 g/mol. The first-order chi connectivity index (χ1) is 15.1. The van der Waals surface area contributed by atoms with Crippen molar-refractivity contribution >= 4 is 36.7 Å². The SMILES string of the molecule is CN(c1ncnc2[nH]ccc12)C1CCC(CS(=O)(=O)N2C[C@H](CO)[C@H](S(C)(=O)=O)C2)CC1. The summed E-state index contributed by atoms with van der Waals surface area (Å²) in [5, 5.41) is 9.65. The minimum atomic E-state index is -3.59. The number of rotatable bonds is 7. The topological polar surface area (TPSA) is 137 Å². The first-order valence-electron chi connectivity index (χ1n) is 10.9. The molecule has 3 heterocycles. The Bertz CT molecular complexity index is 1160. The van der Waals surface area contributed by atoms with Crippen LogP contribution in [0, 0.1) is 11.8 Å². The number of H-pyrrole nitrogens is 1. The molecule has 0 unspecified atom stereocenters. The van der Waals surface area contributed by atoms with Gasteiger partial charge in [0.15, 0.2) is 9.84 Å². The van der Waals surface area contributed by atoms with Crippen molar-refractivity contribution in [2.24, 2.45) is 11.8 Å². The maximum atomic E-state index is 13.0. The van der Waals surface area contributed by atoms with Crippen molar-refractivity contribution in [2.45, 2.75) is 37.0 Å². The van der Waals surface area contributed by atoms with Crippen LogP contribution in [0.25, 0.3) is 11.0 Å². The Morgan fingerprint density at radius 3 is 2.50 bits per heavy atom. The normalized spacial score (nSPS) is 27.7. The molecule has 0 aromatic carbocycles. The lowest BCUT2D eigenvalue weighted by molar-refractivity contribution is 0.233. The number of aliphatic hydroxyl groups excluding tert-OH is 1. The summed E-state index contributed by atoms with van der Waals surface area (Å²) in [6.07, 6.45) is 7.77. The lowest BCUT2D eigenvalue weighted by Gasteiger charge is -2.35. The van der Waals surface area contributed by atoms with E-state index in [2.05, 4.69) is 19.9 Å². The second kappa shape index (κ2) is 8.88. The molecule has 2 aromatic rings. The van der Waals surface area contributed by atoms with Gasteiger partial charge < -0.3 is 15.0 Å². The van der Waals surface area contributed by atoms with Crippen LogP contribution in [0.15, 0.2) is 18.6 Å². The van der Waals surface area contributed by atoms with E-state index in [0.29, 0.717) is 0 Å². The molecule has 0 amide bonds. The van der Waals surface area contributed by atoms with Gasteiger partial charge in [-0.1, -0.05) is 0 Å². The number of aromatic nitrogens is 3. The van der Waals surface area contributed by atoms with Crippen molar-refractivity contribution in [2.75, 3.05) is 43.7 Å². The average Bonchev–Trinajstić information content (AvgIpc) is 3.40. The van der Waals surface area contributed by atoms with Crippen LogP contribution in [0.2, 0.25) is 0 Å². The highest BCUT2D eigenvalue weighted by Crippen LogP contribution is 2.33. The average molecular weight is 486 g/mol. The van der Waals surface area contributed by atoms with E-state index in [1.807, 2.05) is 19.3 Å². The van der Waals surface area contributed by atoms with E-state index in [1.54, 1.807) is 6.33 Å².